The maximum atomic E-state index is 12.8. The molecule has 7 nitrogen and oxygen atoms in total. The average Bonchev–Trinajstić information content (AvgIpc) is 2.79. The van der Waals surface area contributed by atoms with Crippen molar-refractivity contribution in [1.29, 1.82) is 0 Å². The second-order valence-corrected chi connectivity index (χ2v) is 7.83. The Morgan fingerprint density at radius 3 is 2.30 bits per heavy atom. The Morgan fingerprint density at radius 1 is 1.09 bits per heavy atom. The number of fused-ring (bicyclic) bond motifs is 1. The van der Waals surface area contributed by atoms with Gasteiger partial charge < -0.3 is 4.74 Å². The molecule has 2 heterocycles. The summed E-state index contributed by atoms with van der Waals surface area (Å²) < 4.78 is 35.4. The van der Waals surface area contributed by atoms with Crippen LogP contribution >= 0.6 is 0 Å². The Balaban J connectivity index is 1.99. The molecule has 3 rings (SSSR count). The topological polar surface area (TPSA) is 73.5 Å². The Kier molecular flexibility index (Phi) is 4.07. The number of ether oxygens (including phenoxy) is 1. The van der Waals surface area contributed by atoms with E-state index in [1.54, 1.807) is 39.4 Å². The van der Waals surface area contributed by atoms with Crippen LogP contribution in [0.3, 0.4) is 0 Å². The van der Waals surface area contributed by atoms with Gasteiger partial charge in [0.15, 0.2) is 0 Å². The number of methoxy groups -OCH3 is 1. The summed E-state index contributed by atoms with van der Waals surface area (Å²) in [5, 5.41) is 0. The molecule has 0 aliphatic carbocycles. The van der Waals surface area contributed by atoms with E-state index in [-0.39, 0.29) is 16.7 Å². The Hall–Kier alpha value is -1.64. The molecule has 0 bridgehead atoms. The summed E-state index contributed by atoms with van der Waals surface area (Å²) in [6, 6.07) is 4.83. The van der Waals surface area contributed by atoms with E-state index in [0.29, 0.717) is 31.4 Å². The van der Waals surface area contributed by atoms with Crippen LogP contribution in [0.25, 0.3) is 11.0 Å². The SMILES string of the molecule is COC1CCN(S(=O)(=O)c2ccc3c(c2)n(C)c(=O)n3C)CC1. The molecule has 1 aliphatic rings. The summed E-state index contributed by atoms with van der Waals surface area (Å²) in [6.45, 7) is 0.902. The van der Waals surface area contributed by atoms with Crippen molar-refractivity contribution < 1.29 is 13.2 Å². The van der Waals surface area contributed by atoms with Gasteiger partial charge in [0, 0.05) is 34.3 Å². The van der Waals surface area contributed by atoms with Crippen LogP contribution in [0, 0.1) is 0 Å². The Bertz CT molecular complexity index is 889. The van der Waals surface area contributed by atoms with Crippen LogP contribution in [0.15, 0.2) is 27.9 Å². The number of rotatable bonds is 3. The van der Waals surface area contributed by atoms with Crippen molar-refractivity contribution in [1.82, 2.24) is 13.4 Å². The summed E-state index contributed by atoms with van der Waals surface area (Å²) in [5.41, 5.74) is 1.16. The molecule has 126 valence electrons. The Morgan fingerprint density at radius 2 is 1.70 bits per heavy atom. The lowest BCUT2D eigenvalue weighted by molar-refractivity contribution is 0.0604. The molecular weight excluding hydrogens is 318 g/mol. The van der Waals surface area contributed by atoms with Gasteiger partial charge >= 0.3 is 5.69 Å². The highest BCUT2D eigenvalue weighted by Gasteiger charge is 2.29. The molecule has 23 heavy (non-hydrogen) atoms. The summed E-state index contributed by atoms with van der Waals surface area (Å²) in [7, 11) is 1.42. The van der Waals surface area contributed by atoms with Gasteiger partial charge in [-0.25, -0.2) is 13.2 Å². The van der Waals surface area contributed by atoms with Gasteiger partial charge in [0.05, 0.1) is 22.0 Å². The molecule has 2 aromatic rings. The zero-order chi connectivity index (χ0) is 16.8. The van der Waals surface area contributed by atoms with E-state index >= 15 is 0 Å². The van der Waals surface area contributed by atoms with Crippen LogP contribution in [-0.2, 0) is 28.9 Å². The van der Waals surface area contributed by atoms with Gasteiger partial charge in [-0.3, -0.25) is 9.13 Å². The average molecular weight is 339 g/mol. The monoisotopic (exact) mass is 339 g/mol. The van der Waals surface area contributed by atoms with Crippen LogP contribution in [0.4, 0.5) is 0 Å². The fourth-order valence-electron chi connectivity index (χ4n) is 3.10. The molecule has 1 fully saturated rings. The molecule has 0 radical (unpaired) electrons. The van der Waals surface area contributed by atoms with Gasteiger partial charge in [-0.15, -0.1) is 0 Å². The van der Waals surface area contributed by atoms with Gasteiger partial charge in [-0.05, 0) is 31.0 Å². The predicted octanol–water partition coefficient (Wildman–Crippen LogP) is 0.677. The molecule has 8 heteroatoms. The Labute approximate surface area is 135 Å². The molecule has 1 aromatic heterocycles. The molecule has 0 saturated carbocycles. The van der Waals surface area contributed by atoms with E-state index < -0.39 is 10.0 Å². The van der Waals surface area contributed by atoms with Gasteiger partial charge in [0.2, 0.25) is 10.0 Å². The first kappa shape index (κ1) is 16.2. The van der Waals surface area contributed by atoms with E-state index in [4.69, 9.17) is 4.74 Å². The van der Waals surface area contributed by atoms with E-state index in [9.17, 15) is 13.2 Å². The molecule has 0 atom stereocenters. The second kappa shape index (κ2) is 5.77. The molecule has 0 spiro atoms. The number of nitrogens with zero attached hydrogens (tertiary/aromatic N) is 3. The quantitative estimate of drug-likeness (QED) is 0.824. The number of imidazole rings is 1. The minimum atomic E-state index is -3.55. The van der Waals surface area contributed by atoms with Crippen molar-refractivity contribution in [3.05, 3.63) is 28.7 Å². The van der Waals surface area contributed by atoms with Crippen molar-refractivity contribution in [2.24, 2.45) is 14.1 Å². The molecule has 1 saturated heterocycles. The lowest BCUT2D eigenvalue weighted by Gasteiger charge is -2.30. The van der Waals surface area contributed by atoms with Gasteiger partial charge in [-0.2, -0.15) is 4.31 Å². The summed E-state index contributed by atoms with van der Waals surface area (Å²) in [4.78, 5) is 12.2. The first-order valence-electron chi connectivity index (χ1n) is 7.54. The van der Waals surface area contributed by atoms with Gasteiger partial charge in [0.1, 0.15) is 0 Å². The van der Waals surface area contributed by atoms with Gasteiger partial charge in [-0.1, -0.05) is 0 Å². The minimum Gasteiger partial charge on any atom is -0.381 e. The van der Waals surface area contributed by atoms with Crippen LogP contribution in [-0.4, -0.2) is 48.2 Å². The standard InChI is InChI=1S/C15H21N3O4S/c1-16-13-5-4-12(10-14(13)17(2)15(16)19)23(20,21)18-8-6-11(22-3)7-9-18/h4-5,10-11H,6-9H2,1-3H3. The third-order valence-corrected chi connectivity index (χ3v) is 6.51. The lowest BCUT2D eigenvalue weighted by atomic mass is 10.1. The highest BCUT2D eigenvalue weighted by atomic mass is 32.2. The van der Waals surface area contributed by atoms with Crippen molar-refractivity contribution in [3.8, 4) is 0 Å². The molecule has 0 N–H and O–H groups in total. The summed E-state index contributed by atoms with van der Waals surface area (Å²) in [5.74, 6) is 0. The molecule has 0 amide bonds. The first-order chi connectivity index (χ1) is 10.9. The zero-order valence-corrected chi connectivity index (χ0v) is 14.3. The third-order valence-electron chi connectivity index (χ3n) is 4.62. The van der Waals surface area contributed by atoms with Crippen LogP contribution in [0.1, 0.15) is 12.8 Å². The molecule has 1 aromatic carbocycles. The van der Waals surface area contributed by atoms with Crippen molar-refractivity contribution in [2.45, 2.75) is 23.8 Å². The highest BCUT2D eigenvalue weighted by Crippen LogP contribution is 2.24. The highest BCUT2D eigenvalue weighted by molar-refractivity contribution is 7.89. The normalized spacial score (nSPS) is 17.9. The second-order valence-electron chi connectivity index (χ2n) is 5.89. The predicted molar refractivity (Wildman–Crippen MR) is 86.9 cm³/mol. The maximum absolute atomic E-state index is 12.8. The molecule has 1 aliphatic heterocycles. The maximum Gasteiger partial charge on any atom is 0.328 e. The number of hydrogen-bond acceptors (Lipinski definition) is 4. The number of sulfonamides is 1. The molecular formula is C15H21N3O4S. The summed E-state index contributed by atoms with van der Waals surface area (Å²) >= 11 is 0. The number of piperidine rings is 1. The van der Waals surface area contributed by atoms with Gasteiger partial charge in [0.25, 0.3) is 0 Å². The van der Waals surface area contributed by atoms with E-state index in [1.165, 1.54) is 13.4 Å². The van der Waals surface area contributed by atoms with E-state index in [1.807, 2.05) is 0 Å². The van der Waals surface area contributed by atoms with Crippen molar-refractivity contribution in [3.63, 3.8) is 0 Å². The third kappa shape index (κ3) is 2.60. The van der Waals surface area contributed by atoms with E-state index in [2.05, 4.69) is 0 Å². The van der Waals surface area contributed by atoms with Crippen molar-refractivity contribution in [2.75, 3.05) is 20.2 Å². The van der Waals surface area contributed by atoms with Crippen molar-refractivity contribution >= 4 is 21.1 Å². The smallest absolute Gasteiger partial charge is 0.328 e. The van der Waals surface area contributed by atoms with Crippen LogP contribution in [0.5, 0.6) is 0 Å². The van der Waals surface area contributed by atoms with E-state index in [0.717, 1.165) is 5.52 Å². The number of aryl methyl sites for hydroxylation is 2. The number of hydrogen-bond donors (Lipinski definition) is 0. The fourth-order valence-corrected chi connectivity index (χ4v) is 4.59. The lowest BCUT2D eigenvalue weighted by Crippen LogP contribution is -2.40. The zero-order valence-electron chi connectivity index (χ0n) is 13.5. The summed E-state index contributed by atoms with van der Waals surface area (Å²) in [6.07, 6.45) is 1.52. The largest absolute Gasteiger partial charge is 0.381 e. The fraction of sp³-hybridized carbons (Fsp3) is 0.533. The number of aromatic nitrogens is 2. The van der Waals surface area contributed by atoms with Crippen LogP contribution < -0.4 is 5.69 Å². The molecule has 0 unspecified atom stereocenters. The van der Waals surface area contributed by atoms with Crippen LogP contribution in [0.2, 0.25) is 0 Å². The number of benzene rings is 1. The first-order valence-corrected chi connectivity index (χ1v) is 8.98. The minimum absolute atomic E-state index is 0.124.